The average molecular weight is 498 g/mol. The lowest BCUT2D eigenvalue weighted by Gasteiger charge is -2.13. The van der Waals surface area contributed by atoms with E-state index in [1.807, 2.05) is 54.6 Å². The van der Waals surface area contributed by atoms with Crippen molar-refractivity contribution in [1.82, 2.24) is 14.6 Å². The molecule has 2 aromatic heterocycles. The summed E-state index contributed by atoms with van der Waals surface area (Å²) in [6.07, 6.45) is 1.57. The second kappa shape index (κ2) is 9.82. The molecule has 1 amide bonds. The van der Waals surface area contributed by atoms with Crippen LogP contribution in [-0.2, 0) is 6.54 Å². The van der Waals surface area contributed by atoms with Gasteiger partial charge in [-0.3, -0.25) is 4.79 Å². The van der Waals surface area contributed by atoms with E-state index in [9.17, 15) is 4.79 Å². The summed E-state index contributed by atoms with van der Waals surface area (Å²) in [7, 11) is 6.11. The van der Waals surface area contributed by atoms with Crippen LogP contribution < -0.4 is 16.1 Å². The van der Waals surface area contributed by atoms with Gasteiger partial charge in [0, 0.05) is 45.7 Å². The molecule has 0 spiro atoms. The van der Waals surface area contributed by atoms with Crippen molar-refractivity contribution in [2.45, 2.75) is 6.54 Å². The van der Waals surface area contributed by atoms with E-state index in [0.717, 1.165) is 11.1 Å². The molecule has 0 fully saturated rings. The van der Waals surface area contributed by atoms with Gasteiger partial charge in [-0.25, -0.2) is 4.98 Å². The number of anilines is 2. The predicted molar refractivity (Wildman–Crippen MR) is 142 cm³/mol. The van der Waals surface area contributed by atoms with Crippen LogP contribution in [0.1, 0.15) is 15.9 Å². The zero-order valence-electron chi connectivity index (χ0n) is 18.4. The van der Waals surface area contributed by atoms with Crippen LogP contribution in [0.3, 0.4) is 0 Å². The van der Waals surface area contributed by atoms with E-state index < -0.39 is 0 Å². The van der Waals surface area contributed by atoms with Crippen molar-refractivity contribution in [3.63, 3.8) is 0 Å². The molecule has 0 atom stereocenters. The fourth-order valence-electron chi connectivity index (χ4n) is 3.70. The van der Waals surface area contributed by atoms with Crippen molar-refractivity contribution in [1.29, 1.82) is 0 Å². The maximum absolute atomic E-state index is 12.6. The molecule has 0 aliphatic carbocycles. The summed E-state index contributed by atoms with van der Waals surface area (Å²) in [6.45, 7) is 0.474. The molecule has 9 heteroatoms. The summed E-state index contributed by atoms with van der Waals surface area (Å²) in [5, 5.41) is 11.8. The predicted octanol–water partition coefficient (Wildman–Crippen LogP) is 5.36. The Morgan fingerprint density at radius 2 is 1.80 bits per heavy atom. The Balaban J connectivity index is 1.39. The molecular formula is C26H18BCl2N5O. The van der Waals surface area contributed by atoms with Crippen molar-refractivity contribution in [2.24, 2.45) is 0 Å². The first-order valence-corrected chi connectivity index (χ1v) is 11.5. The van der Waals surface area contributed by atoms with Gasteiger partial charge in [-0.1, -0.05) is 59.6 Å². The van der Waals surface area contributed by atoms with Gasteiger partial charge in [0.1, 0.15) is 13.7 Å². The maximum Gasteiger partial charge on any atom is 0.255 e. The molecule has 0 bridgehead atoms. The smallest absolute Gasteiger partial charge is 0.255 e. The number of hydrogen-bond donors (Lipinski definition) is 2. The SMILES string of the molecule is [B]c1cnn2c(NCc3cccc(NC(=O)c4cccc(Cl)c4)c3)cc(-c3ccccc3Cl)nc12. The Morgan fingerprint density at radius 3 is 2.63 bits per heavy atom. The number of rotatable bonds is 6. The van der Waals surface area contributed by atoms with E-state index in [2.05, 4.69) is 20.7 Å². The van der Waals surface area contributed by atoms with Gasteiger partial charge in [-0.05, 0) is 47.4 Å². The Hall–Kier alpha value is -3.81. The number of halogens is 2. The van der Waals surface area contributed by atoms with Gasteiger partial charge in [0.2, 0.25) is 0 Å². The van der Waals surface area contributed by atoms with E-state index in [0.29, 0.717) is 50.5 Å². The van der Waals surface area contributed by atoms with Crippen molar-refractivity contribution >= 4 is 59.6 Å². The van der Waals surface area contributed by atoms with Gasteiger partial charge in [0.15, 0.2) is 5.65 Å². The largest absolute Gasteiger partial charge is 0.366 e. The molecule has 5 rings (SSSR count). The second-order valence-corrected chi connectivity index (χ2v) is 8.70. The van der Waals surface area contributed by atoms with Crippen LogP contribution >= 0.6 is 23.2 Å². The molecule has 0 unspecified atom stereocenters. The molecule has 5 aromatic rings. The summed E-state index contributed by atoms with van der Waals surface area (Å²) < 4.78 is 1.65. The molecule has 170 valence electrons. The molecule has 0 aliphatic rings. The number of amides is 1. The monoisotopic (exact) mass is 497 g/mol. The van der Waals surface area contributed by atoms with E-state index in [1.54, 1.807) is 35.0 Å². The van der Waals surface area contributed by atoms with Crippen LogP contribution in [0.2, 0.25) is 10.0 Å². The number of benzene rings is 3. The third-order valence-electron chi connectivity index (χ3n) is 5.39. The molecule has 35 heavy (non-hydrogen) atoms. The number of hydrogen-bond acceptors (Lipinski definition) is 4. The number of fused-ring (bicyclic) bond motifs is 1. The summed E-state index contributed by atoms with van der Waals surface area (Å²) in [6, 6.07) is 23.8. The minimum absolute atomic E-state index is 0.232. The fraction of sp³-hybridized carbons (Fsp3) is 0.0385. The highest BCUT2D eigenvalue weighted by Crippen LogP contribution is 2.28. The standard InChI is InChI=1S/C26H18BCl2N5O/c27-21-15-31-34-24(13-23(33-25(21)34)20-9-1-2-10-22(20)29)30-14-16-5-3-8-19(11-16)32-26(35)17-6-4-7-18(28)12-17/h1-13,15,30H,14H2,(H,32,35). The normalized spacial score (nSPS) is 10.9. The summed E-state index contributed by atoms with van der Waals surface area (Å²) in [4.78, 5) is 17.2. The maximum atomic E-state index is 12.6. The molecule has 0 aliphatic heterocycles. The van der Waals surface area contributed by atoms with Crippen molar-refractivity contribution < 1.29 is 4.79 Å². The van der Waals surface area contributed by atoms with E-state index >= 15 is 0 Å². The van der Waals surface area contributed by atoms with Gasteiger partial charge in [-0.15, -0.1) is 0 Å². The number of aromatic nitrogens is 3. The minimum Gasteiger partial charge on any atom is -0.366 e. The first-order valence-electron chi connectivity index (χ1n) is 10.8. The Bertz CT molecular complexity index is 1550. The van der Waals surface area contributed by atoms with Gasteiger partial charge >= 0.3 is 0 Å². The number of nitrogens with one attached hydrogen (secondary N) is 2. The van der Waals surface area contributed by atoms with Gasteiger partial charge < -0.3 is 10.6 Å². The second-order valence-electron chi connectivity index (χ2n) is 7.86. The third-order valence-corrected chi connectivity index (χ3v) is 5.96. The summed E-state index contributed by atoms with van der Waals surface area (Å²) in [5.74, 6) is 0.472. The fourth-order valence-corrected chi connectivity index (χ4v) is 4.12. The van der Waals surface area contributed by atoms with Gasteiger partial charge in [-0.2, -0.15) is 9.61 Å². The molecule has 0 saturated carbocycles. The molecule has 6 nitrogen and oxygen atoms in total. The Kier molecular flexibility index (Phi) is 6.44. The number of carbonyl (C=O) groups excluding carboxylic acids is 1. The highest BCUT2D eigenvalue weighted by molar-refractivity contribution is 6.36. The topological polar surface area (TPSA) is 71.3 Å². The van der Waals surface area contributed by atoms with Gasteiger partial charge in [0.05, 0.1) is 5.69 Å². The number of carbonyl (C=O) groups is 1. The number of nitrogens with zero attached hydrogens (tertiary/aromatic N) is 3. The average Bonchev–Trinajstić information content (AvgIpc) is 3.24. The van der Waals surface area contributed by atoms with Crippen LogP contribution in [0.15, 0.2) is 85.1 Å². The van der Waals surface area contributed by atoms with Crippen molar-refractivity contribution in [3.8, 4) is 11.3 Å². The first-order chi connectivity index (χ1) is 17.0. The minimum atomic E-state index is -0.232. The lowest BCUT2D eigenvalue weighted by atomic mass is 10.0. The Labute approximate surface area is 213 Å². The van der Waals surface area contributed by atoms with Crippen molar-refractivity contribution in [3.05, 3.63) is 106 Å². The summed E-state index contributed by atoms with van der Waals surface area (Å²) in [5.41, 5.74) is 4.60. The highest BCUT2D eigenvalue weighted by atomic mass is 35.5. The quantitative estimate of drug-likeness (QED) is 0.310. The lowest BCUT2D eigenvalue weighted by Crippen LogP contribution is -2.12. The third kappa shape index (κ3) is 5.01. The molecule has 3 aromatic carbocycles. The van der Waals surface area contributed by atoms with Crippen molar-refractivity contribution in [2.75, 3.05) is 10.6 Å². The first kappa shape index (κ1) is 23.0. The molecule has 2 heterocycles. The highest BCUT2D eigenvalue weighted by Gasteiger charge is 2.13. The van der Waals surface area contributed by atoms with Crippen LogP contribution in [0.25, 0.3) is 16.9 Å². The molecule has 0 saturated heterocycles. The van der Waals surface area contributed by atoms with Crippen LogP contribution in [-0.4, -0.2) is 28.4 Å². The molecule has 2 radical (unpaired) electrons. The zero-order chi connectivity index (χ0) is 24.4. The summed E-state index contributed by atoms with van der Waals surface area (Å²) >= 11 is 12.4. The lowest BCUT2D eigenvalue weighted by molar-refractivity contribution is 0.102. The molecule has 2 N–H and O–H groups in total. The van der Waals surface area contributed by atoms with E-state index in [1.165, 1.54) is 0 Å². The van der Waals surface area contributed by atoms with Gasteiger partial charge in [0.25, 0.3) is 5.91 Å². The zero-order valence-corrected chi connectivity index (χ0v) is 19.9. The van der Waals surface area contributed by atoms with E-state index in [4.69, 9.17) is 31.0 Å². The van der Waals surface area contributed by atoms with E-state index in [-0.39, 0.29) is 5.91 Å². The van der Waals surface area contributed by atoms with Crippen LogP contribution in [0.5, 0.6) is 0 Å². The Morgan fingerprint density at radius 1 is 0.971 bits per heavy atom. The van der Waals surface area contributed by atoms with Crippen LogP contribution in [0.4, 0.5) is 11.5 Å². The molecular weight excluding hydrogens is 480 g/mol. The van der Waals surface area contributed by atoms with Crippen LogP contribution in [0, 0.1) is 0 Å².